The molecule has 1 heterocycles. The molecule has 4 heteroatoms. The Labute approximate surface area is 96.4 Å². The van der Waals surface area contributed by atoms with Gasteiger partial charge < -0.3 is 14.5 Å². The summed E-state index contributed by atoms with van der Waals surface area (Å²) in [7, 11) is 3.72. The van der Waals surface area contributed by atoms with Crippen molar-refractivity contribution in [3.63, 3.8) is 0 Å². The molecule has 16 heavy (non-hydrogen) atoms. The summed E-state index contributed by atoms with van der Waals surface area (Å²) in [4.78, 5) is 4.27. The zero-order valence-corrected chi connectivity index (χ0v) is 10.1. The van der Waals surface area contributed by atoms with Gasteiger partial charge in [-0.1, -0.05) is 0 Å². The molecule has 1 aliphatic carbocycles. The molecule has 4 nitrogen and oxygen atoms in total. The summed E-state index contributed by atoms with van der Waals surface area (Å²) in [5, 5.41) is 3.08. The van der Waals surface area contributed by atoms with Gasteiger partial charge >= 0.3 is 0 Å². The number of oxazole rings is 1. The Morgan fingerprint density at radius 2 is 2.38 bits per heavy atom. The van der Waals surface area contributed by atoms with Gasteiger partial charge in [0.05, 0.1) is 11.8 Å². The van der Waals surface area contributed by atoms with Crippen LogP contribution >= 0.6 is 0 Å². The molecule has 0 aromatic carbocycles. The predicted octanol–water partition coefficient (Wildman–Crippen LogP) is 1.55. The fourth-order valence-corrected chi connectivity index (χ4v) is 2.12. The van der Waals surface area contributed by atoms with Gasteiger partial charge in [-0.05, 0) is 26.3 Å². The lowest BCUT2D eigenvalue weighted by atomic mass is 9.77. The van der Waals surface area contributed by atoms with Crippen molar-refractivity contribution >= 4 is 0 Å². The summed E-state index contributed by atoms with van der Waals surface area (Å²) in [6.07, 6.45) is 7.07. The van der Waals surface area contributed by atoms with Crippen LogP contribution in [0.5, 0.6) is 0 Å². The maximum Gasteiger partial charge on any atom is 0.195 e. The van der Waals surface area contributed by atoms with Gasteiger partial charge in [0.15, 0.2) is 5.89 Å². The van der Waals surface area contributed by atoms with Crippen molar-refractivity contribution in [3.05, 3.63) is 17.8 Å². The summed E-state index contributed by atoms with van der Waals surface area (Å²) in [5.41, 5.74) is 0.0276. The van der Waals surface area contributed by atoms with E-state index >= 15 is 0 Å². The molecular weight excluding hydrogens is 204 g/mol. The SMILES string of the molecule is CNCCc1ncc(CC2(OC)CCC2)o1. The van der Waals surface area contributed by atoms with E-state index in [1.807, 2.05) is 13.2 Å². The summed E-state index contributed by atoms with van der Waals surface area (Å²) < 4.78 is 11.3. The number of hydrogen-bond donors (Lipinski definition) is 1. The molecule has 0 spiro atoms. The van der Waals surface area contributed by atoms with Gasteiger partial charge in [-0.3, -0.25) is 0 Å². The molecule has 1 aliphatic rings. The fraction of sp³-hybridized carbons (Fsp3) is 0.750. The van der Waals surface area contributed by atoms with Crippen LogP contribution in [0.2, 0.25) is 0 Å². The highest BCUT2D eigenvalue weighted by molar-refractivity contribution is 5.04. The van der Waals surface area contributed by atoms with Crippen LogP contribution in [0.4, 0.5) is 0 Å². The van der Waals surface area contributed by atoms with E-state index in [1.165, 1.54) is 6.42 Å². The van der Waals surface area contributed by atoms with Crippen molar-refractivity contribution < 1.29 is 9.15 Å². The summed E-state index contributed by atoms with van der Waals surface area (Å²) >= 11 is 0. The lowest BCUT2D eigenvalue weighted by Crippen LogP contribution is -2.41. The fourth-order valence-electron chi connectivity index (χ4n) is 2.12. The van der Waals surface area contributed by atoms with E-state index in [4.69, 9.17) is 9.15 Å². The van der Waals surface area contributed by atoms with Crippen molar-refractivity contribution in [1.82, 2.24) is 10.3 Å². The Hall–Kier alpha value is -0.870. The van der Waals surface area contributed by atoms with Crippen molar-refractivity contribution in [2.75, 3.05) is 20.7 Å². The lowest BCUT2D eigenvalue weighted by Gasteiger charge is -2.39. The highest BCUT2D eigenvalue weighted by atomic mass is 16.5. The molecule has 0 amide bonds. The number of methoxy groups -OCH3 is 1. The van der Waals surface area contributed by atoms with E-state index in [-0.39, 0.29) is 5.60 Å². The molecule has 2 rings (SSSR count). The van der Waals surface area contributed by atoms with E-state index in [9.17, 15) is 0 Å². The Morgan fingerprint density at radius 3 is 2.94 bits per heavy atom. The summed E-state index contributed by atoms with van der Waals surface area (Å²) in [6, 6.07) is 0. The average Bonchev–Trinajstić information content (AvgIpc) is 2.68. The van der Waals surface area contributed by atoms with Crippen LogP contribution in [0, 0.1) is 0 Å². The topological polar surface area (TPSA) is 47.3 Å². The Kier molecular flexibility index (Phi) is 3.61. The minimum absolute atomic E-state index is 0.0276. The van der Waals surface area contributed by atoms with Gasteiger partial charge in [0, 0.05) is 26.5 Å². The van der Waals surface area contributed by atoms with Crippen LogP contribution in [0.15, 0.2) is 10.6 Å². The third-order valence-electron chi connectivity index (χ3n) is 3.38. The third-order valence-corrected chi connectivity index (χ3v) is 3.38. The first-order chi connectivity index (χ1) is 7.78. The molecule has 1 aromatic heterocycles. The van der Waals surface area contributed by atoms with Gasteiger partial charge in [-0.25, -0.2) is 4.98 Å². The van der Waals surface area contributed by atoms with E-state index < -0.39 is 0 Å². The molecule has 0 radical (unpaired) electrons. The molecule has 0 unspecified atom stereocenters. The Balaban J connectivity index is 1.91. The molecule has 0 atom stereocenters. The smallest absolute Gasteiger partial charge is 0.195 e. The van der Waals surface area contributed by atoms with Crippen molar-refractivity contribution in [2.24, 2.45) is 0 Å². The second-order valence-electron chi connectivity index (χ2n) is 4.49. The highest BCUT2D eigenvalue weighted by Crippen LogP contribution is 2.37. The van der Waals surface area contributed by atoms with Crippen molar-refractivity contribution in [3.8, 4) is 0 Å². The zero-order chi connectivity index (χ0) is 11.4. The van der Waals surface area contributed by atoms with Crippen molar-refractivity contribution in [2.45, 2.75) is 37.7 Å². The largest absolute Gasteiger partial charge is 0.446 e. The molecule has 0 aliphatic heterocycles. The number of hydrogen-bond acceptors (Lipinski definition) is 4. The maximum absolute atomic E-state index is 5.69. The predicted molar refractivity (Wildman–Crippen MR) is 61.4 cm³/mol. The monoisotopic (exact) mass is 224 g/mol. The lowest BCUT2D eigenvalue weighted by molar-refractivity contribution is -0.0738. The van der Waals surface area contributed by atoms with Crippen LogP contribution < -0.4 is 5.32 Å². The highest BCUT2D eigenvalue weighted by Gasteiger charge is 2.38. The molecule has 1 N–H and O–H groups in total. The van der Waals surface area contributed by atoms with Crippen LogP contribution in [0.25, 0.3) is 0 Å². The van der Waals surface area contributed by atoms with Gasteiger partial charge in [0.2, 0.25) is 0 Å². The minimum atomic E-state index is 0.0276. The second-order valence-corrected chi connectivity index (χ2v) is 4.49. The Bertz CT molecular complexity index is 326. The number of likely N-dealkylation sites (N-methyl/N-ethyl adjacent to an activating group) is 1. The average molecular weight is 224 g/mol. The minimum Gasteiger partial charge on any atom is -0.446 e. The van der Waals surface area contributed by atoms with E-state index in [0.717, 1.165) is 43.9 Å². The van der Waals surface area contributed by atoms with Crippen molar-refractivity contribution in [1.29, 1.82) is 0 Å². The number of ether oxygens (including phenoxy) is 1. The molecule has 1 saturated carbocycles. The van der Waals surface area contributed by atoms with Crippen LogP contribution in [0.3, 0.4) is 0 Å². The standard InChI is InChI=1S/C12H20N2O2/c1-13-7-4-11-14-9-10(16-11)8-12(15-2)5-3-6-12/h9,13H,3-8H2,1-2H3. The quantitative estimate of drug-likeness (QED) is 0.796. The van der Waals surface area contributed by atoms with Gasteiger partial charge in [0.1, 0.15) is 5.76 Å². The van der Waals surface area contributed by atoms with Gasteiger partial charge in [0.25, 0.3) is 0 Å². The molecule has 1 fully saturated rings. The number of nitrogens with one attached hydrogen (secondary N) is 1. The zero-order valence-electron chi connectivity index (χ0n) is 10.1. The van der Waals surface area contributed by atoms with E-state index in [2.05, 4.69) is 10.3 Å². The maximum atomic E-state index is 5.69. The van der Waals surface area contributed by atoms with Crippen LogP contribution in [0.1, 0.15) is 30.9 Å². The normalized spacial score (nSPS) is 18.4. The molecule has 0 saturated heterocycles. The van der Waals surface area contributed by atoms with Gasteiger partial charge in [-0.2, -0.15) is 0 Å². The van der Waals surface area contributed by atoms with Gasteiger partial charge in [-0.15, -0.1) is 0 Å². The first kappa shape index (κ1) is 11.6. The van der Waals surface area contributed by atoms with E-state index in [0.29, 0.717) is 0 Å². The molecule has 90 valence electrons. The van der Waals surface area contributed by atoms with Crippen LogP contribution in [-0.4, -0.2) is 31.3 Å². The molecule has 0 bridgehead atoms. The summed E-state index contributed by atoms with van der Waals surface area (Å²) in [6.45, 7) is 0.898. The number of rotatable bonds is 6. The molecular formula is C12H20N2O2. The third kappa shape index (κ3) is 2.44. The van der Waals surface area contributed by atoms with E-state index in [1.54, 1.807) is 7.11 Å². The second kappa shape index (κ2) is 4.97. The summed E-state index contributed by atoms with van der Waals surface area (Å²) in [5.74, 6) is 1.77. The first-order valence-electron chi connectivity index (χ1n) is 5.91. The van der Waals surface area contributed by atoms with Crippen LogP contribution in [-0.2, 0) is 17.6 Å². The number of aromatic nitrogens is 1. The number of nitrogens with zero attached hydrogens (tertiary/aromatic N) is 1. The molecule has 1 aromatic rings. The Morgan fingerprint density at radius 1 is 1.56 bits per heavy atom. The first-order valence-corrected chi connectivity index (χ1v) is 5.91.